The van der Waals surface area contributed by atoms with E-state index >= 15 is 0 Å². The Hall–Kier alpha value is -7.43. The van der Waals surface area contributed by atoms with Crippen LogP contribution in [0, 0.1) is 11.3 Å². The lowest BCUT2D eigenvalue weighted by atomic mass is 9.80. The van der Waals surface area contributed by atoms with Crippen molar-refractivity contribution in [3.05, 3.63) is 164 Å². The lowest BCUT2D eigenvalue weighted by Gasteiger charge is -2.26. The smallest absolute Gasteiger partial charge is 0.145 e. The van der Waals surface area contributed by atoms with Gasteiger partial charge in [-0.25, -0.2) is 0 Å². The normalized spacial score (nSPS) is 11.4. The average Bonchev–Trinajstić information content (AvgIpc) is 3.77. The molecule has 10 rings (SSSR count). The number of aromatic nitrogens is 5. The number of nitriles is 1. The second-order valence-electron chi connectivity index (χ2n) is 12.6. The summed E-state index contributed by atoms with van der Waals surface area (Å²) in [5.74, 6) is 0. The first-order chi connectivity index (χ1) is 25.8. The van der Waals surface area contributed by atoms with Crippen LogP contribution in [0.25, 0.3) is 93.9 Å². The molecule has 0 spiro atoms. The standard InChI is InChI=1S/C45H26N6O/c46-23-35-39(28-9-5-19-47-24-28)40(29-10-6-20-48-25-29)41(30-11-7-21-49-26-30)42(31-12-8-22-50-27-31)44(35)51-36-15-3-1-14-34(36)43-37(51)18-17-33-32-13-2-4-16-38(32)52-45(33)43/h1-22,24-27H. The zero-order chi connectivity index (χ0) is 34.6. The number of fused-ring (bicyclic) bond motifs is 7. The number of benzene rings is 4. The van der Waals surface area contributed by atoms with Crippen molar-refractivity contribution >= 4 is 43.7 Å². The van der Waals surface area contributed by atoms with E-state index in [9.17, 15) is 5.26 Å². The molecular weight excluding hydrogens is 641 g/mol. The predicted molar refractivity (Wildman–Crippen MR) is 206 cm³/mol. The van der Waals surface area contributed by atoms with Gasteiger partial charge in [0.2, 0.25) is 0 Å². The van der Waals surface area contributed by atoms with Crippen molar-refractivity contribution < 1.29 is 4.42 Å². The van der Waals surface area contributed by atoms with Crippen molar-refractivity contribution in [2.45, 2.75) is 0 Å². The van der Waals surface area contributed by atoms with Crippen LogP contribution in [-0.4, -0.2) is 24.5 Å². The Morgan fingerprint density at radius 2 is 1.02 bits per heavy atom. The highest BCUT2D eigenvalue weighted by atomic mass is 16.3. The molecule has 10 aromatic rings. The molecular formula is C45H26N6O. The number of rotatable bonds is 5. The first kappa shape index (κ1) is 29.5. The molecule has 0 radical (unpaired) electrons. The summed E-state index contributed by atoms with van der Waals surface area (Å²) in [5, 5.41) is 15.6. The van der Waals surface area contributed by atoms with Crippen LogP contribution < -0.4 is 0 Å². The number of pyridine rings is 4. The Morgan fingerprint density at radius 3 is 1.62 bits per heavy atom. The second kappa shape index (κ2) is 11.9. The molecule has 0 N–H and O–H groups in total. The van der Waals surface area contributed by atoms with Gasteiger partial charge in [-0.15, -0.1) is 0 Å². The number of hydrogen-bond acceptors (Lipinski definition) is 6. The molecule has 0 aliphatic rings. The number of nitrogens with zero attached hydrogens (tertiary/aromatic N) is 6. The van der Waals surface area contributed by atoms with Gasteiger partial charge in [-0.1, -0.05) is 60.7 Å². The summed E-state index contributed by atoms with van der Waals surface area (Å²) >= 11 is 0. The van der Waals surface area contributed by atoms with Crippen LogP contribution in [0.2, 0.25) is 0 Å². The van der Waals surface area contributed by atoms with Gasteiger partial charge in [-0.2, -0.15) is 5.26 Å². The fourth-order valence-corrected chi connectivity index (χ4v) is 7.73. The minimum absolute atomic E-state index is 0.491. The van der Waals surface area contributed by atoms with Gasteiger partial charge in [0.15, 0.2) is 0 Å². The molecule has 0 atom stereocenters. The van der Waals surface area contributed by atoms with E-state index in [2.05, 4.69) is 79.1 Å². The van der Waals surface area contributed by atoms with Crippen molar-refractivity contribution in [1.29, 1.82) is 5.26 Å². The molecule has 0 saturated carbocycles. The molecule has 4 aromatic carbocycles. The van der Waals surface area contributed by atoms with Gasteiger partial charge < -0.3 is 8.98 Å². The molecule has 0 amide bonds. The number of hydrogen-bond donors (Lipinski definition) is 0. The second-order valence-corrected chi connectivity index (χ2v) is 12.6. The number of furan rings is 1. The van der Waals surface area contributed by atoms with E-state index in [1.165, 1.54) is 0 Å². The molecule has 7 heteroatoms. The highest BCUT2D eigenvalue weighted by Gasteiger charge is 2.31. The third-order valence-electron chi connectivity index (χ3n) is 9.79. The van der Waals surface area contributed by atoms with Gasteiger partial charge in [0.1, 0.15) is 17.2 Å². The summed E-state index contributed by atoms with van der Waals surface area (Å²) in [7, 11) is 0. The monoisotopic (exact) mass is 666 g/mol. The SMILES string of the molecule is N#Cc1c(-c2cccnc2)c(-c2cccnc2)c(-c2cccnc2)c(-c2cccnc2)c1-n1c2ccccc2c2c3oc4ccccc4c3ccc21. The predicted octanol–water partition coefficient (Wildman–Crippen LogP) is 10.8. The van der Waals surface area contributed by atoms with Crippen LogP contribution in [-0.2, 0) is 0 Å². The van der Waals surface area contributed by atoms with Crippen molar-refractivity contribution in [3.8, 4) is 56.3 Å². The molecule has 0 aliphatic carbocycles. The van der Waals surface area contributed by atoms with Crippen molar-refractivity contribution in [2.24, 2.45) is 0 Å². The Bertz CT molecular complexity index is 3000. The minimum atomic E-state index is 0.491. The topological polar surface area (TPSA) is 93.4 Å². The zero-order valence-corrected chi connectivity index (χ0v) is 27.6. The van der Waals surface area contributed by atoms with E-state index in [0.717, 1.165) is 93.9 Å². The third-order valence-corrected chi connectivity index (χ3v) is 9.79. The van der Waals surface area contributed by atoms with Gasteiger partial charge in [0.25, 0.3) is 0 Å². The Morgan fingerprint density at radius 1 is 0.481 bits per heavy atom. The maximum atomic E-state index is 11.5. The van der Waals surface area contributed by atoms with Crippen LogP contribution in [0.15, 0.2) is 163 Å². The van der Waals surface area contributed by atoms with Crippen LogP contribution in [0.4, 0.5) is 0 Å². The molecule has 0 unspecified atom stereocenters. The van der Waals surface area contributed by atoms with Gasteiger partial charge in [0, 0.05) is 110 Å². The molecule has 7 nitrogen and oxygen atoms in total. The van der Waals surface area contributed by atoms with E-state index < -0.39 is 0 Å². The Labute approximate surface area is 297 Å². The molecule has 0 fully saturated rings. The fraction of sp³-hybridized carbons (Fsp3) is 0. The van der Waals surface area contributed by atoms with Crippen molar-refractivity contribution in [2.75, 3.05) is 0 Å². The van der Waals surface area contributed by atoms with Gasteiger partial charge in [-0.3, -0.25) is 19.9 Å². The van der Waals surface area contributed by atoms with E-state index in [-0.39, 0.29) is 0 Å². The van der Waals surface area contributed by atoms with Gasteiger partial charge in [0.05, 0.1) is 27.7 Å². The summed E-state index contributed by atoms with van der Waals surface area (Å²) in [5.41, 5.74) is 11.5. The van der Waals surface area contributed by atoms with Crippen molar-refractivity contribution in [3.63, 3.8) is 0 Å². The lowest BCUT2D eigenvalue weighted by Crippen LogP contribution is -2.07. The maximum Gasteiger partial charge on any atom is 0.145 e. The summed E-state index contributed by atoms with van der Waals surface area (Å²) in [6, 6.07) is 39.3. The molecule has 0 saturated heterocycles. The minimum Gasteiger partial charge on any atom is -0.455 e. The molecule has 52 heavy (non-hydrogen) atoms. The summed E-state index contributed by atoms with van der Waals surface area (Å²) in [6.07, 6.45) is 14.5. The Kier molecular flexibility index (Phi) is 6.73. The lowest BCUT2D eigenvalue weighted by molar-refractivity contribution is 0.673. The van der Waals surface area contributed by atoms with Crippen LogP contribution in [0.3, 0.4) is 0 Å². The zero-order valence-electron chi connectivity index (χ0n) is 27.6. The molecule has 0 aliphatic heterocycles. The van der Waals surface area contributed by atoms with Crippen LogP contribution in [0.5, 0.6) is 0 Å². The third kappa shape index (κ3) is 4.38. The highest BCUT2D eigenvalue weighted by molar-refractivity contribution is 6.24. The van der Waals surface area contributed by atoms with Gasteiger partial charge >= 0.3 is 0 Å². The van der Waals surface area contributed by atoms with Crippen LogP contribution >= 0.6 is 0 Å². The van der Waals surface area contributed by atoms with E-state index in [0.29, 0.717) is 5.56 Å². The Balaban J connectivity index is 1.50. The molecule has 0 bridgehead atoms. The molecule has 242 valence electrons. The average molecular weight is 667 g/mol. The first-order valence-corrected chi connectivity index (χ1v) is 16.9. The van der Waals surface area contributed by atoms with E-state index in [1.54, 1.807) is 24.8 Å². The number of para-hydroxylation sites is 2. The maximum absolute atomic E-state index is 11.5. The quantitative estimate of drug-likeness (QED) is 0.181. The fourth-order valence-electron chi connectivity index (χ4n) is 7.73. The van der Waals surface area contributed by atoms with E-state index in [1.807, 2.05) is 85.5 Å². The summed E-state index contributed by atoms with van der Waals surface area (Å²) < 4.78 is 8.87. The van der Waals surface area contributed by atoms with E-state index in [4.69, 9.17) is 4.42 Å². The van der Waals surface area contributed by atoms with Crippen LogP contribution in [0.1, 0.15) is 5.56 Å². The van der Waals surface area contributed by atoms with Crippen molar-refractivity contribution in [1.82, 2.24) is 24.5 Å². The highest BCUT2D eigenvalue weighted by Crippen LogP contribution is 2.52. The summed E-state index contributed by atoms with van der Waals surface area (Å²) in [6.45, 7) is 0. The van der Waals surface area contributed by atoms with Gasteiger partial charge in [-0.05, 0) is 48.5 Å². The molecule has 6 aromatic heterocycles. The molecule has 6 heterocycles. The first-order valence-electron chi connectivity index (χ1n) is 16.9. The summed E-state index contributed by atoms with van der Waals surface area (Å²) in [4.78, 5) is 18.3. The largest absolute Gasteiger partial charge is 0.455 e.